The number of nitrogens with one attached hydrogen (secondary N) is 2. The second-order valence-corrected chi connectivity index (χ2v) is 6.24. The summed E-state index contributed by atoms with van der Waals surface area (Å²) >= 11 is 1.98. The van der Waals surface area contributed by atoms with Crippen LogP contribution in [0.2, 0.25) is 0 Å². The summed E-state index contributed by atoms with van der Waals surface area (Å²) in [5.74, 6) is 0.928. The Labute approximate surface area is 114 Å². The van der Waals surface area contributed by atoms with Gasteiger partial charge >= 0.3 is 0 Å². The topological polar surface area (TPSA) is 45.7 Å². The first-order valence-corrected chi connectivity index (χ1v) is 8.22. The first kappa shape index (κ1) is 14.0. The largest absolute Gasteiger partial charge is 0.376 e. The van der Waals surface area contributed by atoms with E-state index in [0.717, 1.165) is 24.4 Å². The van der Waals surface area contributed by atoms with Gasteiger partial charge in [0.1, 0.15) is 0 Å². The van der Waals surface area contributed by atoms with Crippen molar-refractivity contribution in [3.8, 4) is 0 Å². The summed E-state index contributed by atoms with van der Waals surface area (Å²) in [5, 5.41) is 7.72. The zero-order chi connectivity index (χ0) is 12.8. The predicted octanol–water partition coefficient (Wildman–Crippen LogP) is 1.61. The molecule has 0 amide bonds. The Balaban J connectivity index is 1.69. The van der Waals surface area contributed by atoms with Crippen LogP contribution in [0.15, 0.2) is 4.99 Å². The molecule has 0 aromatic carbocycles. The lowest BCUT2D eigenvalue weighted by Gasteiger charge is -2.19. The highest BCUT2D eigenvalue weighted by molar-refractivity contribution is 7.99. The number of ether oxygens (including phenoxy) is 1. The van der Waals surface area contributed by atoms with Crippen LogP contribution in [0.5, 0.6) is 0 Å². The lowest BCUT2D eigenvalue weighted by atomic mass is 10.2. The Morgan fingerprint density at radius 1 is 1.39 bits per heavy atom. The van der Waals surface area contributed by atoms with Crippen molar-refractivity contribution in [1.82, 2.24) is 10.6 Å². The van der Waals surface area contributed by atoms with Crippen molar-refractivity contribution in [3.05, 3.63) is 0 Å². The summed E-state index contributed by atoms with van der Waals surface area (Å²) in [4.78, 5) is 4.30. The van der Waals surface area contributed by atoms with Gasteiger partial charge in [-0.25, -0.2) is 0 Å². The van der Waals surface area contributed by atoms with Gasteiger partial charge in [-0.1, -0.05) is 0 Å². The van der Waals surface area contributed by atoms with Crippen molar-refractivity contribution in [2.75, 3.05) is 26.5 Å². The molecule has 1 aliphatic carbocycles. The Kier molecular flexibility index (Phi) is 5.63. The van der Waals surface area contributed by atoms with E-state index in [4.69, 9.17) is 4.74 Å². The maximum atomic E-state index is 5.60. The van der Waals surface area contributed by atoms with Crippen molar-refractivity contribution in [2.24, 2.45) is 4.99 Å². The van der Waals surface area contributed by atoms with Crippen LogP contribution in [0, 0.1) is 0 Å². The molecule has 104 valence electrons. The van der Waals surface area contributed by atoms with E-state index in [2.05, 4.69) is 21.9 Å². The number of thioether (sulfide) groups is 1. The molecular formula is C13H25N3OS. The Hall–Kier alpha value is -0.420. The summed E-state index contributed by atoms with van der Waals surface area (Å²) in [7, 11) is 1.84. The molecule has 18 heavy (non-hydrogen) atoms. The van der Waals surface area contributed by atoms with Crippen LogP contribution in [-0.4, -0.2) is 49.8 Å². The quantitative estimate of drug-likeness (QED) is 0.602. The van der Waals surface area contributed by atoms with E-state index >= 15 is 0 Å². The highest BCUT2D eigenvalue weighted by Gasteiger charge is 2.24. The normalized spacial score (nSPS) is 32.8. The summed E-state index contributed by atoms with van der Waals surface area (Å²) in [6.07, 6.45) is 8.76. The van der Waals surface area contributed by atoms with Gasteiger partial charge in [-0.2, -0.15) is 11.8 Å². The first-order chi connectivity index (χ1) is 8.81. The van der Waals surface area contributed by atoms with Crippen molar-refractivity contribution in [3.63, 3.8) is 0 Å². The predicted molar refractivity (Wildman–Crippen MR) is 78.4 cm³/mol. The second kappa shape index (κ2) is 7.24. The molecule has 3 unspecified atom stereocenters. The number of nitrogens with zero attached hydrogens (tertiary/aromatic N) is 1. The van der Waals surface area contributed by atoms with Gasteiger partial charge in [0, 0.05) is 31.5 Å². The lowest BCUT2D eigenvalue weighted by molar-refractivity contribution is 0.113. The summed E-state index contributed by atoms with van der Waals surface area (Å²) in [5.41, 5.74) is 0. The van der Waals surface area contributed by atoms with E-state index in [9.17, 15) is 0 Å². The highest BCUT2D eigenvalue weighted by Crippen LogP contribution is 2.27. The molecule has 2 N–H and O–H groups in total. The Morgan fingerprint density at radius 3 is 2.89 bits per heavy atom. The molecule has 0 bridgehead atoms. The smallest absolute Gasteiger partial charge is 0.191 e. The molecule has 0 spiro atoms. The summed E-state index contributed by atoms with van der Waals surface area (Å²) in [6.45, 7) is 1.79. The molecule has 3 atom stereocenters. The molecule has 2 aliphatic rings. The van der Waals surface area contributed by atoms with Crippen LogP contribution < -0.4 is 10.6 Å². The van der Waals surface area contributed by atoms with Crippen LogP contribution in [0.1, 0.15) is 32.1 Å². The standard InChI is InChI=1S/C13H25N3OS/c1-14-13(15-9-11-4-3-7-17-11)16-10-5-6-12(8-10)18-2/h10-12H,3-9H2,1-2H3,(H2,14,15,16). The zero-order valence-corrected chi connectivity index (χ0v) is 12.3. The molecule has 0 radical (unpaired) electrons. The van der Waals surface area contributed by atoms with Gasteiger partial charge in [0.05, 0.1) is 6.10 Å². The molecule has 0 aromatic heterocycles. The van der Waals surface area contributed by atoms with E-state index in [0.29, 0.717) is 12.1 Å². The van der Waals surface area contributed by atoms with E-state index in [1.54, 1.807) is 0 Å². The third-order valence-electron chi connectivity index (χ3n) is 3.80. The minimum atomic E-state index is 0.367. The molecular weight excluding hydrogens is 246 g/mol. The monoisotopic (exact) mass is 271 g/mol. The van der Waals surface area contributed by atoms with Gasteiger partial charge in [-0.05, 0) is 38.4 Å². The third kappa shape index (κ3) is 4.05. The van der Waals surface area contributed by atoms with Gasteiger partial charge in [-0.3, -0.25) is 4.99 Å². The van der Waals surface area contributed by atoms with Gasteiger partial charge in [0.2, 0.25) is 0 Å². The average molecular weight is 271 g/mol. The maximum absolute atomic E-state index is 5.60. The number of rotatable bonds is 4. The van der Waals surface area contributed by atoms with Gasteiger partial charge in [0.15, 0.2) is 5.96 Å². The number of aliphatic imine (C=N–C) groups is 1. The van der Waals surface area contributed by atoms with E-state index in [1.807, 2.05) is 18.8 Å². The van der Waals surface area contributed by atoms with Gasteiger partial charge < -0.3 is 15.4 Å². The summed E-state index contributed by atoms with van der Waals surface area (Å²) < 4.78 is 5.60. The molecule has 5 heteroatoms. The van der Waals surface area contributed by atoms with Crippen molar-refractivity contribution in [1.29, 1.82) is 0 Å². The Morgan fingerprint density at radius 2 is 2.28 bits per heavy atom. The zero-order valence-electron chi connectivity index (χ0n) is 11.4. The molecule has 4 nitrogen and oxygen atoms in total. The van der Waals surface area contributed by atoms with Gasteiger partial charge in [0.25, 0.3) is 0 Å². The van der Waals surface area contributed by atoms with Crippen LogP contribution >= 0.6 is 11.8 Å². The molecule has 1 heterocycles. The molecule has 1 saturated heterocycles. The van der Waals surface area contributed by atoms with Crippen LogP contribution in [0.25, 0.3) is 0 Å². The van der Waals surface area contributed by atoms with Crippen molar-refractivity contribution >= 4 is 17.7 Å². The SMILES string of the molecule is CN=C(NCC1CCCO1)NC1CCC(SC)C1. The third-order valence-corrected chi connectivity index (χ3v) is 4.90. The number of hydrogen-bond acceptors (Lipinski definition) is 3. The molecule has 1 aliphatic heterocycles. The molecule has 0 aromatic rings. The lowest BCUT2D eigenvalue weighted by Crippen LogP contribution is -2.45. The highest BCUT2D eigenvalue weighted by atomic mass is 32.2. The Bertz CT molecular complexity index is 279. The fourth-order valence-electron chi connectivity index (χ4n) is 2.69. The number of guanidine groups is 1. The van der Waals surface area contributed by atoms with Crippen LogP contribution in [-0.2, 0) is 4.74 Å². The second-order valence-electron chi connectivity index (χ2n) is 5.10. The molecule has 1 saturated carbocycles. The fourth-order valence-corrected chi connectivity index (χ4v) is 3.49. The minimum Gasteiger partial charge on any atom is -0.376 e. The van der Waals surface area contributed by atoms with E-state index in [1.165, 1.54) is 32.1 Å². The minimum absolute atomic E-state index is 0.367. The molecule has 2 fully saturated rings. The van der Waals surface area contributed by atoms with Crippen LogP contribution in [0.4, 0.5) is 0 Å². The van der Waals surface area contributed by atoms with Crippen LogP contribution in [0.3, 0.4) is 0 Å². The van der Waals surface area contributed by atoms with Crippen molar-refractivity contribution in [2.45, 2.75) is 49.5 Å². The van der Waals surface area contributed by atoms with Crippen molar-refractivity contribution < 1.29 is 4.74 Å². The van der Waals surface area contributed by atoms with E-state index in [-0.39, 0.29) is 0 Å². The molecule has 2 rings (SSSR count). The van der Waals surface area contributed by atoms with E-state index < -0.39 is 0 Å². The maximum Gasteiger partial charge on any atom is 0.191 e. The fraction of sp³-hybridized carbons (Fsp3) is 0.923. The first-order valence-electron chi connectivity index (χ1n) is 6.93. The summed E-state index contributed by atoms with van der Waals surface area (Å²) in [6, 6.07) is 0.582. The number of hydrogen-bond donors (Lipinski definition) is 2. The average Bonchev–Trinajstić information content (AvgIpc) is 3.05. The van der Waals surface area contributed by atoms with Gasteiger partial charge in [-0.15, -0.1) is 0 Å².